The van der Waals surface area contributed by atoms with E-state index in [4.69, 9.17) is 4.74 Å². The van der Waals surface area contributed by atoms with Crippen molar-refractivity contribution in [2.75, 3.05) is 6.61 Å². The van der Waals surface area contributed by atoms with Gasteiger partial charge in [0.15, 0.2) is 0 Å². The predicted molar refractivity (Wildman–Crippen MR) is 185 cm³/mol. The fourth-order valence-electron chi connectivity index (χ4n) is 7.56. The van der Waals surface area contributed by atoms with Crippen LogP contribution in [0, 0.1) is 0 Å². The lowest BCUT2D eigenvalue weighted by Gasteiger charge is -2.29. The third kappa shape index (κ3) is 5.41. The minimum Gasteiger partial charge on any atom is -0.492 e. The van der Waals surface area contributed by atoms with Crippen LogP contribution in [0.25, 0.3) is 5.57 Å². The third-order valence-electron chi connectivity index (χ3n) is 9.92. The summed E-state index contributed by atoms with van der Waals surface area (Å²) in [6.45, 7) is 5.41. The molecule has 220 valence electrons. The zero-order chi connectivity index (χ0) is 30.0. The van der Waals surface area contributed by atoms with Crippen molar-refractivity contribution in [3.05, 3.63) is 179 Å². The molecule has 4 aliphatic rings. The van der Waals surface area contributed by atoms with Crippen LogP contribution < -0.4 is 4.74 Å². The highest BCUT2D eigenvalue weighted by Crippen LogP contribution is 2.50. The van der Waals surface area contributed by atoms with Crippen molar-refractivity contribution in [1.29, 1.82) is 0 Å². The summed E-state index contributed by atoms with van der Waals surface area (Å²) in [4.78, 5) is 0. The molecule has 0 radical (unpaired) electrons. The summed E-state index contributed by atoms with van der Waals surface area (Å²) in [5.41, 5.74) is 10.9. The van der Waals surface area contributed by atoms with Crippen molar-refractivity contribution in [1.82, 2.24) is 0 Å². The first-order valence-electron chi connectivity index (χ1n) is 16.2. The van der Waals surface area contributed by atoms with Crippen LogP contribution in [0.1, 0.15) is 78.8 Å². The van der Waals surface area contributed by atoms with Gasteiger partial charge >= 0.3 is 0 Å². The Morgan fingerprint density at radius 1 is 0.705 bits per heavy atom. The summed E-state index contributed by atoms with van der Waals surface area (Å²) < 4.78 is 6.69. The molecule has 1 spiro atoms. The molecule has 44 heavy (non-hydrogen) atoms. The SMILES string of the molecule is CC1(C)C/C=C\C=C/Cc2c1ccc1c2OCC12C=CCC=C(c1ccc(C(C3=CC=CC=CC3)c3ccccc3)cc1)C2. The van der Waals surface area contributed by atoms with E-state index >= 15 is 0 Å². The highest BCUT2D eigenvalue weighted by Gasteiger charge is 2.42. The van der Waals surface area contributed by atoms with Crippen molar-refractivity contribution in [2.45, 2.75) is 62.7 Å². The molecule has 3 aromatic rings. The van der Waals surface area contributed by atoms with E-state index in [-0.39, 0.29) is 16.7 Å². The van der Waals surface area contributed by atoms with Gasteiger partial charge in [0.1, 0.15) is 12.4 Å². The second kappa shape index (κ2) is 12.0. The highest BCUT2D eigenvalue weighted by atomic mass is 16.5. The second-order valence-electron chi connectivity index (χ2n) is 13.3. The first-order chi connectivity index (χ1) is 21.5. The van der Waals surface area contributed by atoms with Crippen LogP contribution in [0.4, 0.5) is 0 Å². The molecule has 0 saturated heterocycles. The Bertz CT molecular complexity index is 1740. The fourth-order valence-corrected chi connectivity index (χ4v) is 7.56. The minimum atomic E-state index is -0.147. The maximum atomic E-state index is 6.69. The van der Waals surface area contributed by atoms with Crippen LogP contribution in [0.3, 0.4) is 0 Å². The van der Waals surface area contributed by atoms with E-state index in [1.807, 2.05) is 0 Å². The molecular formula is C43H42O. The van der Waals surface area contributed by atoms with E-state index in [1.54, 1.807) is 0 Å². The predicted octanol–water partition coefficient (Wildman–Crippen LogP) is 10.7. The lowest BCUT2D eigenvalue weighted by Crippen LogP contribution is -2.25. The summed E-state index contributed by atoms with van der Waals surface area (Å²) in [6.07, 6.45) is 31.9. The van der Waals surface area contributed by atoms with E-state index in [0.29, 0.717) is 6.61 Å². The Labute approximate surface area is 263 Å². The maximum Gasteiger partial charge on any atom is 0.127 e. The van der Waals surface area contributed by atoms with Crippen LogP contribution in [0.15, 0.2) is 145 Å². The quantitative estimate of drug-likeness (QED) is 0.282. The van der Waals surface area contributed by atoms with Crippen molar-refractivity contribution >= 4 is 5.57 Å². The molecule has 3 aromatic carbocycles. The molecule has 0 amide bonds. The summed E-state index contributed by atoms with van der Waals surface area (Å²) in [5.74, 6) is 1.36. The van der Waals surface area contributed by atoms with Crippen LogP contribution in [0.2, 0.25) is 0 Å². The van der Waals surface area contributed by atoms with Crippen molar-refractivity contribution in [3.8, 4) is 5.75 Å². The topological polar surface area (TPSA) is 9.23 Å². The van der Waals surface area contributed by atoms with Gasteiger partial charge < -0.3 is 4.74 Å². The van der Waals surface area contributed by atoms with Gasteiger partial charge in [-0.3, -0.25) is 0 Å². The first kappa shape index (κ1) is 28.4. The number of rotatable bonds is 4. The smallest absolute Gasteiger partial charge is 0.127 e. The van der Waals surface area contributed by atoms with Crippen LogP contribution in [-0.2, 0) is 17.3 Å². The van der Waals surface area contributed by atoms with E-state index < -0.39 is 0 Å². The molecule has 0 fully saturated rings. The summed E-state index contributed by atoms with van der Waals surface area (Å²) >= 11 is 0. The van der Waals surface area contributed by atoms with E-state index in [1.165, 1.54) is 44.5 Å². The largest absolute Gasteiger partial charge is 0.492 e. The monoisotopic (exact) mass is 574 g/mol. The van der Waals surface area contributed by atoms with Gasteiger partial charge in [-0.2, -0.15) is 0 Å². The summed E-state index contributed by atoms with van der Waals surface area (Å²) in [6, 6.07) is 25.1. The molecule has 1 nitrogen and oxygen atoms in total. The average molecular weight is 575 g/mol. The molecule has 0 N–H and O–H groups in total. The minimum absolute atomic E-state index is 0.0646. The second-order valence-corrected chi connectivity index (χ2v) is 13.3. The molecule has 1 aliphatic heterocycles. The standard InChI is InChI=1S/C43H42O/c1-42(2)28-14-6-5-12-21-37-38(42)26-27-39-41(37)44-31-43(39)29-15-13-20-36(30-43)32-22-24-35(25-23-32)40(34-18-10-7-11-19-34)33-16-8-3-4-9-17-33/h3-12,14-16,18-20,22-27,29,40H,13,17,21,28,30-31H2,1-2H3/b12-5-,14-6-. The van der Waals surface area contributed by atoms with Gasteiger partial charge in [0.05, 0.1) is 5.41 Å². The van der Waals surface area contributed by atoms with E-state index in [9.17, 15) is 0 Å². The molecule has 1 heteroatoms. The Kier molecular flexibility index (Phi) is 7.73. The summed E-state index contributed by atoms with van der Waals surface area (Å²) in [7, 11) is 0. The molecule has 7 rings (SSSR count). The van der Waals surface area contributed by atoms with Crippen molar-refractivity contribution < 1.29 is 4.74 Å². The number of hydrogen-bond donors (Lipinski definition) is 0. The Morgan fingerprint density at radius 2 is 1.45 bits per heavy atom. The highest BCUT2D eigenvalue weighted by molar-refractivity contribution is 5.71. The number of ether oxygens (including phenoxy) is 1. The van der Waals surface area contributed by atoms with Gasteiger partial charge in [0.2, 0.25) is 0 Å². The summed E-state index contributed by atoms with van der Waals surface area (Å²) in [5, 5.41) is 0. The number of benzene rings is 3. The fraction of sp³-hybridized carbons (Fsp3) is 0.256. The van der Waals surface area contributed by atoms with Crippen LogP contribution >= 0.6 is 0 Å². The zero-order valence-corrected chi connectivity index (χ0v) is 26.0. The molecule has 0 aromatic heterocycles. The average Bonchev–Trinajstić information content (AvgIpc) is 3.18. The molecule has 2 atom stereocenters. The number of fused-ring (bicyclic) bond motifs is 4. The van der Waals surface area contributed by atoms with E-state index in [2.05, 4.69) is 153 Å². The molecular weight excluding hydrogens is 532 g/mol. The Balaban J connectivity index is 1.21. The van der Waals surface area contributed by atoms with E-state index in [0.717, 1.165) is 37.9 Å². The Morgan fingerprint density at radius 3 is 2.32 bits per heavy atom. The molecule has 3 aliphatic carbocycles. The lowest BCUT2D eigenvalue weighted by molar-refractivity contribution is 0.296. The van der Waals surface area contributed by atoms with Gasteiger partial charge in [-0.1, -0.05) is 159 Å². The van der Waals surface area contributed by atoms with Gasteiger partial charge in [-0.15, -0.1) is 0 Å². The van der Waals surface area contributed by atoms with Crippen molar-refractivity contribution in [2.24, 2.45) is 0 Å². The van der Waals surface area contributed by atoms with Crippen molar-refractivity contribution in [3.63, 3.8) is 0 Å². The molecule has 0 bridgehead atoms. The van der Waals surface area contributed by atoms with Gasteiger partial charge in [0, 0.05) is 17.0 Å². The van der Waals surface area contributed by atoms with Crippen LogP contribution in [0.5, 0.6) is 5.75 Å². The normalized spacial score (nSPS) is 23.9. The Hall–Kier alpha value is -4.36. The number of allylic oxidation sites excluding steroid dienone is 13. The molecule has 0 saturated carbocycles. The van der Waals surface area contributed by atoms with Crippen LogP contribution in [-0.4, -0.2) is 6.61 Å². The molecule has 2 unspecified atom stereocenters. The molecule has 1 heterocycles. The first-order valence-corrected chi connectivity index (χ1v) is 16.2. The third-order valence-corrected chi connectivity index (χ3v) is 9.92. The van der Waals surface area contributed by atoms with Gasteiger partial charge in [0.25, 0.3) is 0 Å². The lowest BCUT2D eigenvalue weighted by atomic mass is 9.72. The van der Waals surface area contributed by atoms with Gasteiger partial charge in [-0.25, -0.2) is 0 Å². The number of hydrogen-bond acceptors (Lipinski definition) is 1. The zero-order valence-electron chi connectivity index (χ0n) is 26.0. The maximum absolute atomic E-state index is 6.69. The van der Waals surface area contributed by atoms with Gasteiger partial charge in [-0.05, 0) is 65.3 Å².